The fourth-order valence-electron chi connectivity index (χ4n) is 0.320. The summed E-state index contributed by atoms with van der Waals surface area (Å²) in [5, 5.41) is 0. The molecule has 6 heteroatoms. The van der Waals surface area contributed by atoms with Gasteiger partial charge in [-0.15, -0.1) is 0 Å². The molecule has 1 fully saturated rings. The molecule has 0 N–H and O–H groups in total. The molecule has 48 valence electrons. The lowest BCUT2D eigenvalue weighted by atomic mass is 10.8. The Morgan fingerprint density at radius 3 is 2.38 bits per heavy atom. The fraction of sp³-hybridized carbons (Fsp3) is 1.00. The van der Waals surface area contributed by atoms with Gasteiger partial charge in [0.2, 0.25) is 0 Å². The van der Waals surface area contributed by atoms with Crippen LogP contribution in [-0.2, 0) is 18.8 Å². The molecule has 8 heavy (non-hydrogen) atoms. The summed E-state index contributed by atoms with van der Waals surface area (Å²) in [6.07, 6.45) is 0. The van der Waals surface area contributed by atoms with Gasteiger partial charge in [0.25, 0.3) is 0 Å². The van der Waals surface area contributed by atoms with Crippen LogP contribution in [0.2, 0.25) is 0 Å². The van der Waals surface area contributed by atoms with E-state index < -0.39 is 10.4 Å². The first-order valence-electron chi connectivity index (χ1n) is 1.82. The average molecular weight is 250 g/mol. The molecule has 0 bridgehead atoms. The summed E-state index contributed by atoms with van der Waals surface area (Å²) in [6, 6.07) is 0. The van der Waals surface area contributed by atoms with Crippen molar-refractivity contribution in [2.75, 3.05) is 6.61 Å². The summed E-state index contributed by atoms with van der Waals surface area (Å²) in [5.74, 6) is 0. The third-order valence-electron chi connectivity index (χ3n) is 0.566. The third-order valence-corrected chi connectivity index (χ3v) is 2.42. The predicted molar refractivity (Wildman–Crippen MR) is 33.8 cm³/mol. The summed E-state index contributed by atoms with van der Waals surface area (Å²) in [4.78, 5) is 0. The highest BCUT2D eigenvalue weighted by molar-refractivity contribution is 14.1. The van der Waals surface area contributed by atoms with Gasteiger partial charge in [-0.1, -0.05) is 0 Å². The van der Waals surface area contributed by atoms with Crippen LogP contribution in [0.5, 0.6) is 0 Å². The van der Waals surface area contributed by atoms with Crippen LogP contribution in [0.1, 0.15) is 0 Å². The Balaban J connectivity index is 2.71. The van der Waals surface area contributed by atoms with Gasteiger partial charge in [-0.3, -0.25) is 0 Å². The molecule has 0 aliphatic carbocycles. The Morgan fingerprint density at radius 2 is 2.25 bits per heavy atom. The van der Waals surface area contributed by atoms with Crippen LogP contribution in [0.15, 0.2) is 0 Å². The van der Waals surface area contributed by atoms with Gasteiger partial charge in [0.05, 0.1) is 0 Å². The molecule has 4 nitrogen and oxygen atoms in total. The summed E-state index contributed by atoms with van der Waals surface area (Å²) < 4.78 is 28.5. The van der Waals surface area contributed by atoms with Crippen molar-refractivity contribution in [1.82, 2.24) is 0 Å². The Labute approximate surface area is 60.6 Å². The molecular weight excluding hydrogens is 247 g/mol. The van der Waals surface area contributed by atoms with Crippen molar-refractivity contribution in [1.29, 1.82) is 0 Å². The van der Waals surface area contributed by atoms with Crippen molar-refractivity contribution in [2.24, 2.45) is 0 Å². The van der Waals surface area contributed by atoms with E-state index in [9.17, 15) is 8.42 Å². The van der Waals surface area contributed by atoms with E-state index in [-0.39, 0.29) is 10.7 Å². The zero-order chi connectivity index (χ0) is 6.20. The molecule has 0 aromatic rings. The van der Waals surface area contributed by atoms with Crippen LogP contribution in [-0.4, -0.2) is 19.1 Å². The molecule has 1 saturated heterocycles. The zero-order valence-corrected chi connectivity index (χ0v) is 6.68. The summed E-state index contributed by atoms with van der Waals surface area (Å²) in [6.45, 7) is 0.128. The van der Waals surface area contributed by atoms with Crippen molar-refractivity contribution in [3.63, 3.8) is 0 Å². The highest BCUT2D eigenvalue weighted by atomic mass is 127. The molecule has 0 spiro atoms. The topological polar surface area (TPSA) is 52.6 Å². The lowest BCUT2D eigenvalue weighted by Crippen LogP contribution is -1.98. The van der Waals surface area contributed by atoms with Crippen molar-refractivity contribution in [2.45, 2.75) is 4.11 Å². The molecule has 1 aliphatic heterocycles. The van der Waals surface area contributed by atoms with E-state index in [1.165, 1.54) is 0 Å². The van der Waals surface area contributed by atoms with Crippen LogP contribution < -0.4 is 0 Å². The first-order chi connectivity index (χ1) is 3.60. The zero-order valence-electron chi connectivity index (χ0n) is 3.70. The summed E-state index contributed by atoms with van der Waals surface area (Å²) >= 11 is 1.83. The molecule has 0 radical (unpaired) electrons. The molecule has 1 atom stereocenters. The molecule has 0 saturated carbocycles. The standard InChI is InChI=1S/C2H3IO4S/c3-2-1-6-8(4,5)7-2/h2H,1H2. The molecule has 1 unspecified atom stereocenters. The van der Waals surface area contributed by atoms with E-state index in [2.05, 4.69) is 8.37 Å². The van der Waals surface area contributed by atoms with Gasteiger partial charge in [0.15, 0.2) is 4.11 Å². The highest BCUT2D eigenvalue weighted by Gasteiger charge is 2.27. The van der Waals surface area contributed by atoms with Crippen LogP contribution in [0.3, 0.4) is 0 Å². The minimum atomic E-state index is -3.60. The van der Waals surface area contributed by atoms with Crippen molar-refractivity contribution >= 4 is 33.0 Å². The predicted octanol–water partition coefficient (Wildman–Crippen LogP) is 0.0391. The van der Waals surface area contributed by atoms with E-state index >= 15 is 0 Å². The Bertz CT molecular complexity index is 172. The number of alkyl halides is 1. The summed E-state index contributed by atoms with van der Waals surface area (Å²) in [5.41, 5.74) is 0. The van der Waals surface area contributed by atoms with E-state index in [0.717, 1.165) is 0 Å². The largest absolute Gasteiger partial charge is 0.401 e. The number of hydrogen-bond acceptors (Lipinski definition) is 4. The van der Waals surface area contributed by atoms with Gasteiger partial charge >= 0.3 is 10.4 Å². The second-order valence-corrected chi connectivity index (χ2v) is 3.83. The lowest BCUT2D eigenvalue weighted by Gasteiger charge is -1.87. The van der Waals surface area contributed by atoms with Crippen molar-refractivity contribution < 1.29 is 16.8 Å². The average Bonchev–Trinajstić information content (AvgIpc) is 1.82. The van der Waals surface area contributed by atoms with E-state index in [0.29, 0.717) is 0 Å². The minimum absolute atomic E-state index is 0.128. The number of rotatable bonds is 0. The smallest absolute Gasteiger partial charge is 0.244 e. The normalized spacial score (nSPS) is 35.4. The quantitative estimate of drug-likeness (QED) is 0.450. The van der Waals surface area contributed by atoms with Crippen LogP contribution in [0, 0.1) is 0 Å². The van der Waals surface area contributed by atoms with Gasteiger partial charge in [-0.25, -0.2) is 8.37 Å². The molecule has 0 amide bonds. The van der Waals surface area contributed by atoms with Crippen LogP contribution in [0.25, 0.3) is 0 Å². The minimum Gasteiger partial charge on any atom is -0.244 e. The van der Waals surface area contributed by atoms with Gasteiger partial charge in [-0.2, -0.15) is 8.42 Å². The van der Waals surface area contributed by atoms with Gasteiger partial charge in [0.1, 0.15) is 6.61 Å². The molecule has 1 heterocycles. The number of halogens is 1. The molecule has 1 rings (SSSR count). The SMILES string of the molecule is O=S1(=O)OCC(I)O1. The maximum atomic E-state index is 10.2. The van der Waals surface area contributed by atoms with Crippen LogP contribution >= 0.6 is 22.6 Å². The van der Waals surface area contributed by atoms with Crippen molar-refractivity contribution in [3.05, 3.63) is 0 Å². The monoisotopic (exact) mass is 250 g/mol. The van der Waals surface area contributed by atoms with E-state index in [1.54, 1.807) is 0 Å². The second-order valence-electron chi connectivity index (χ2n) is 1.20. The van der Waals surface area contributed by atoms with E-state index in [1.807, 2.05) is 22.6 Å². The van der Waals surface area contributed by atoms with Gasteiger partial charge in [-0.05, 0) is 22.6 Å². The molecule has 1 aliphatic rings. The Kier molecular flexibility index (Phi) is 1.75. The fourth-order valence-corrected chi connectivity index (χ4v) is 2.16. The lowest BCUT2D eigenvalue weighted by molar-refractivity contribution is 0.345. The maximum Gasteiger partial charge on any atom is 0.401 e. The molecule has 0 aromatic carbocycles. The van der Waals surface area contributed by atoms with Gasteiger partial charge < -0.3 is 0 Å². The summed E-state index contributed by atoms with van der Waals surface area (Å²) in [7, 11) is -3.60. The van der Waals surface area contributed by atoms with E-state index in [4.69, 9.17) is 0 Å². The number of hydrogen-bond donors (Lipinski definition) is 0. The van der Waals surface area contributed by atoms with Gasteiger partial charge in [0, 0.05) is 0 Å². The Hall–Kier alpha value is 0.600. The van der Waals surface area contributed by atoms with Crippen LogP contribution in [0.4, 0.5) is 0 Å². The first-order valence-corrected chi connectivity index (χ1v) is 4.40. The Morgan fingerprint density at radius 1 is 1.62 bits per heavy atom. The maximum absolute atomic E-state index is 10.2. The third kappa shape index (κ3) is 1.54. The molecular formula is C2H3IO4S. The second kappa shape index (κ2) is 2.09. The van der Waals surface area contributed by atoms with Crippen molar-refractivity contribution in [3.8, 4) is 0 Å². The highest BCUT2D eigenvalue weighted by Crippen LogP contribution is 2.17. The molecule has 0 aromatic heterocycles. The first kappa shape index (κ1) is 6.72.